The summed E-state index contributed by atoms with van der Waals surface area (Å²) in [5.74, 6) is 0. The molecule has 0 atom stereocenters. The first-order valence-corrected chi connectivity index (χ1v) is 7.16. The van der Waals surface area contributed by atoms with E-state index in [1.807, 2.05) is 36.4 Å². The molecule has 3 rings (SSSR count). The molecule has 1 aromatic heterocycles. The molecule has 0 aliphatic rings. The van der Waals surface area contributed by atoms with Crippen LogP contribution < -0.4 is 11.1 Å². The number of hydrogen-bond acceptors (Lipinski definition) is 3. The number of halogens is 2. The molecule has 5 heteroatoms. The third-order valence-electron chi connectivity index (χ3n) is 3.06. The minimum Gasteiger partial charge on any atom is -0.397 e. The molecule has 2 aromatic carbocycles. The van der Waals surface area contributed by atoms with Crippen molar-refractivity contribution in [3.63, 3.8) is 0 Å². The summed E-state index contributed by atoms with van der Waals surface area (Å²) in [5.41, 5.74) is 8.52. The van der Waals surface area contributed by atoms with Gasteiger partial charge in [0.05, 0.1) is 22.1 Å². The first kappa shape index (κ1) is 13.2. The molecule has 0 fully saturated rings. The Morgan fingerprint density at radius 3 is 2.80 bits per heavy atom. The van der Waals surface area contributed by atoms with Crippen molar-refractivity contribution in [2.45, 2.75) is 0 Å². The third kappa shape index (κ3) is 2.44. The van der Waals surface area contributed by atoms with Crippen LogP contribution in [-0.4, -0.2) is 4.98 Å². The van der Waals surface area contributed by atoms with E-state index in [-0.39, 0.29) is 0 Å². The number of fused-ring (bicyclic) bond motifs is 1. The van der Waals surface area contributed by atoms with E-state index in [0.717, 1.165) is 26.6 Å². The molecule has 3 N–H and O–H groups in total. The number of hydrogen-bond donors (Lipinski definition) is 2. The van der Waals surface area contributed by atoms with Crippen LogP contribution in [0.5, 0.6) is 0 Å². The van der Waals surface area contributed by atoms with E-state index in [4.69, 9.17) is 17.3 Å². The second kappa shape index (κ2) is 5.31. The maximum absolute atomic E-state index is 6.21. The highest BCUT2D eigenvalue weighted by Gasteiger charge is 2.07. The first-order chi connectivity index (χ1) is 9.65. The molecule has 100 valence electrons. The minimum atomic E-state index is 0.641. The molecule has 3 nitrogen and oxygen atoms in total. The molecule has 0 aliphatic carbocycles. The average molecular weight is 349 g/mol. The molecular weight excluding hydrogens is 338 g/mol. The van der Waals surface area contributed by atoms with Crippen LogP contribution in [0.2, 0.25) is 5.02 Å². The van der Waals surface area contributed by atoms with Crippen molar-refractivity contribution >= 4 is 55.4 Å². The molecule has 0 amide bonds. The van der Waals surface area contributed by atoms with Gasteiger partial charge in [-0.2, -0.15) is 0 Å². The minimum absolute atomic E-state index is 0.641. The van der Waals surface area contributed by atoms with Gasteiger partial charge in [0.2, 0.25) is 0 Å². The highest BCUT2D eigenvalue weighted by molar-refractivity contribution is 9.10. The zero-order valence-corrected chi connectivity index (χ0v) is 12.7. The van der Waals surface area contributed by atoms with Crippen LogP contribution in [0, 0.1) is 0 Å². The van der Waals surface area contributed by atoms with Crippen LogP contribution in [0.4, 0.5) is 17.1 Å². The van der Waals surface area contributed by atoms with Crippen molar-refractivity contribution in [2.24, 2.45) is 0 Å². The van der Waals surface area contributed by atoms with Gasteiger partial charge in [-0.1, -0.05) is 33.6 Å². The van der Waals surface area contributed by atoms with Crippen molar-refractivity contribution in [1.29, 1.82) is 0 Å². The molecule has 20 heavy (non-hydrogen) atoms. The number of anilines is 3. The van der Waals surface area contributed by atoms with Crippen LogP contribution in [0.15, 0.2) is 53.3 Å². The lowest BCUT2D eigenvalue weighted by molar-refractivity contribution is 1.36. The molecule has 1 heterocycles. The topological polar surface area (TPSA) is 50.9 Å². The van der Waals surface area contributed by atoms with Gasteiger partial charge in [0.25, 0.3) is 0 Å². The predicted molar refractivity (Wildman–Crippen MR) is 88.6 cm³/mol. The lowest BCUT2D eigenvalue weighted by Crippen LogP contribution is -1.98. The van der Waals surface area contributed by atoms with Crippen LogP contribution in [0.1, 0.15) is 0 Å². The van der Waals surface area contributed by atoms with Gasteiger partial charge in [-0.05, 0) is 30.3 Å². The first-order valence-electron chi connectivity index (χ1n) is 5.99. The molecule has 0 saturated carbocycles. The fourth-order valence-corrected chi connectivity index (χ4v) is 2.57. The Labute approximate surface area is 129 Å². The molecule has 0 aliphatic heterocycles. The van der Waals surface area contributed by atoms with E-state index in [1.165, 1.54) is 0 Å². The van der Waals surface area contributed by atoms with Gasteiger partial charge in [-0.25, -0.2) is 0 Å². The van der Waals surface area contributed by atoms with Crippen LogP contribution >= 0.6 is 27.5 Å². The third-order valence-corrected chi connectivity index (χ3v) is 3.88. The summed E-state index contributed by atoms with van der Waals surface area (Å²) in [4.78, 5) is 4.09. The fourth-order valence-electron chi connectivity index (χ4n) is 2.04. The summed E-state index contributed by atoms with van der Waals surface area (Å²) >= 11 is 9.61. The van der Waals surface area contributed by atoms with Crippen molar-refractivity contribution in [2.75, 3.05) is 11.1 Å². The van der Waals surface area contributed by atoms with Gasteiger partial charge in [-0.15, -0.1) is 0 Å². The maximum atomic E-state index is 6.21. The summed E-state index contributed by atoms with van der Waals surface area (Å²) in [7, 11) is 0. The van der Waals surface area contributed by atoms with E-state index in [2.05, 4.69) is 26.2 Å². The summed E-state index contributed by atoms with van der Waals surface area (Å²) in [6.07, 6.45) is 3.52. The molecule has 0 bridgehead atoms. The Bertz CT molecular complexity index is 789. The molecule has 3 aromatic rings. The standard InChI is InChI=1S/C15H11BrClN3/c16-10-2-3-12(17)14(7-10)20-13-4-1-9-8-19-6-5-11(9)15(13)18/h1-8,20H,18H2. The number of pyridine rings is 1. The van der Waals surface area contributed by atoms with Gasteiger partial charge in [0.15, 0.2) is 0 Å². The van der Waals surface area contributed by atoms with E-state index in [0.29, 0.717) is 10.7 Å². The van der Waals surface area contributed by atoms with Gasteiger partial charge in [0.1, 0.15) is 0 Å². The molecule has 0 saturated heterocycles. The van der Waals surface area contributed by atoms with E-state index < -0.39 is 0 Å². The number of aromatic nitrogens is 1. The number of benzene rings is 2. The Kier molecular flexibility index (Phi) is 3.51. The second-order valence-electron chi connectivity index (χ2n) is 4.37. The number of nitrogen functional groups attached to an aromatic ring is 1. The lowest BCUT2D eigenvalue weighted by Gasteiger charge is -2.13. The smallest absolute Gasteiger partial charge is 0.0641 e. The SMILES string of the molecule is Nc1c(Nc2cc(Br)ccc2Cl)ccc2cnccc12. The molecule has 0 spiro atoms. The fraction of sp³-hybridized carbons (Fsp3) is 0. The van der Waals surface area contributed by atoms with Crippen molar-refractivity contribution in [1.82, 2.24) is 4.98 Å². The predicted octanol–water partition coefficient (Wildman–Crippen LogP) is 4.98. The number of nitrogens with two attached hydrogens (primary N) is 1. The Hall–Kier alpha value is -1.78. The summed E-state index contributed by atoms with van der Waals surface area (Å²) in [6, 6.07) is 11.4. The van der Waals surface area contributed by atoms with Gasteiger partial charge >= 0.3 is 0 Å². The molecular formula is C15H11BrClN3. The van der Waals surface area contributed by atoms with Crippen LogP contribution in [-0.2, 0) is 0 Å². The van der Waals surface area contributed by atoms with Gasteiger partial charge < -0.3 is 11.1 Å². The quantitative estimate of drug-likeness (QED) is 0.642. The average Bonchev–Trinajstić information content (AvgIpc) is 2.46. The number of nitrogens with zero attached hydrogens (tertiary/aromatic N) is 1. The second-order valence-corrected chi connectivity index (χ2v) is 5.70. The Morgan fingerprint density at radius 2 is 1.95 bits per heavy atom. The number of rotatable bonds is 2. The van der Waals surface area contributed by atoms with Crippen molar-refractivity contribution in [3.05, 3.63) is 58.3 Å². The molecule has 0 unspecified atom stereocenters. The van der Waals surface area contributed by atoms with E-state index in [1.54, 1.807) is 12.4 Å². The van der Waals surface area contributed by atoms with Gasteiger partial charge in [0, 0.05) is 27.6 Å². The monoisotopic (exact) mass is 347 g/mol. The highest BCUT2D eigenvalue weighted by Crippen LogP contribution is 2.33. The lowest BCUT2D eigenvalue weighted by atomic mass is 10.1. The number of nitrogens with one attached hydrogen (secondary N) is 1. The normalized spacial score (nSPS) is 10.7. The Morgan fingerprint density at radius 1 is 1.10 bits per heavy atom. The van der Waals surface area contributed by atoms with Crippen LogP contribution in [0.3, 0.4) is 0 Å². The van der Waals surface area contributed by atoms with Gasteiger partial charge in [-0.3, -0.25) is 4.98 Å². The summed E-state index contributed by atoms with van der Waals surface area (Å²) in [6.45, 7) is 0. The van der Waals surface area contributed by atoms with Crippen molar-refractivity contribution < 1.29 is 0 Å². The molecule has 0 radical (unpaired) electrons. The van der Waals surface area contributed by atoms with Crippen LogP contribution in [0.25, 0.3) is 10.8 Å². The van der Waals surface area contributed by atoms with E-state index in [9.17, 15) is 0 Å². The zero-order chi connectivity index (χ0) is 14.1. The highest BCUT2D eigenvalue weighted by atomic mass is 79.9. The maximum Gasteiger partial charge on any atom is 0.0641 e. The summed E-state index contributed by atoms with van der Waals surface area (Å²) in [5, 5.41) is 5.89. The zero-order valence-electron chi connectivity index (χ0n) is 10.4. The largest absolute Gasteiger partial charge is 0.397 e. The van der Waals surface area contributed by atoms with Crippen molar-refractivity contribution in [3.8, 4) is 0 Å². The Balaban J connectivity index is 2.07. The van der Waals surface area contributed by atoms with E-state index >= 15 is 0 Å². The summed E-state index contributed by atoms with van der Waals surface area (Å²) < 4.78 is 0.952.